The maximum absolute atomic E-state index is 12.9. The van der Waals surface area contributed by atoms with Gasteiger partial charge in [-0.3, -0.25) is 4.79 Å². The molecule has 4 aromatic rings. The third-order valence-corrected chi connectivity index (χ3v) is 5.91. The van der Waals surface area contributed by atoms with Gasteiger partial charge >= 0.3 is 0 Å². The highest BCUT2D eigenvalue weighted by molar-refractivity contribution is 5.95. The fraction of sp³-hybridized carbons (Fsp3) is 0.286. The second-order valence-corrected chi connectivity index (χ2v) is 8.35. The number of imidazole rings is 1. The monoisotopic (exact) mass is 457 g/mol. The molecule has 0 fully saturated rings. The Labute approximate surface area is 200 Å². The van der Waals surface area contributed by atoms with Crippen LogP contribution in [0.3, 0.4) is 0 Å². The Morgan fingerprint density at radius 2 is 1.68 bits per heavy atom. The Balaban J connectivity index is 1.41. The lowest BCUT2D eigenvalue weighted by molar-refractivity contribution is 0.0937. The van der Waals surface area contributed by atoms with Crippen LogP contribution in [-0.4, -0.2) is 29.2 Å². The van der Waals surface area contributed by atoms with Crippen LogP contribution in [0.1, 0.15) is 47.6 Å². The molecule has 0 bridgehead atoms. The van der Waals surface area contributed by atoms with Crippen molar-refractivity contribution < 1.29 is 14.3 Å². The first-order valence-electron chi connectivity index (χ1n) is 11.7. The van der Waals surface area contributed by atoms with Crippen LogP contribution in [0.4, 0.5) is 0 Å². The minimum absolute atomic E-state index is 0.0860. The van der Waals surface area contributed by atoms with Crippen LogP contribution in [0.2, 0.25) is 0 Å². The number of hydrogen-bond acceptors (Lipinski definition) is 4. The summed E-state index contributed by atoms with van der Waals surface area (Å²) in [4.78, 5) is 17.7. The number of aryl methyl sites for hydroxylation is 2. The highest BCUT2D eigenvalue weighted by Crippen LogP contribution is 2.23. The molecule has 1 amide bonds. The number of unbranched alkanes of at least 4 members (excludes halogenated alkanes) is 1. The van der Waals surface area contributed by atoms with E-state index in [-0.39, 0.29) is 11.9 Å². The molecule has 176 valence electrons. The van der Waals surface area contributed by atoms with E-state index in [0.717, 1.165) is 53.3 Å². The quantitative estimate of drug-likeness (QED) is 0.310. The summed E-state index contributed by atoms with van der Waals surface area (Å²) in [6.07, 6.45) is 1.84. The average molecular weight is 458 g/mol. The molecule has 1 atom stereocenters. The summed E-state index contributed by atoms with van der Waals surface area (Å²) in [6, 6.07) is 23.1. The van der Waals surface area contributed by atoms with E-state index in [1.165, 1.54) is 0 Å². The number of para-hydroxylation sites is 2. The van der Waals surface area contributed by atoms with Crippen LogP contribution in [-0.2, 0) is 6.54 Å². The topological polar surface area (TPSA) is 65.4 Å². The highest BCUT2D eigenvalue weighted by Gasteiger charge is 2.19. The van der Waals surface area contributed by atoms with Crippen molar-refractivity contribution in [2.45, 2.75) is 39.3 Å². The molecule has 1 N–H and O–H groups in total. The molecule has 0 radical (unpaired) electrons. The van der Waals surface area contributed by atoms with Gasteiger partial charge in [-0.1, -0.05) is 30.3 Å². The van der Waals surface area contributed by atoms with Crippen molar-refractivity contribution in [1.29, 1.82) is 0 Å². The van der Waals surface area contributed by atoms with Gasteiger partial charge in [-0.05, 0) is 74.7 Å². The van der Waals surface area contributed by atoms with Crippen molar-refractivity contribution in [3.8, 4) is 11.5 Å². The summed E-state index contributed by atoms with van der Waals surface area (Å²) >= 11 is 0. The molecule has 0 spiro atoms. The van der Waals surface area contributed by atoms with Crippen molar-refractivity contribution >= 4 is 16.9 Å². The Bertz CT molecular complexity index is 1250. The Kier molecular flexibility index (Phi) is 7.48. The highest BCUT2D eigenvalue weighted by atomic mass is 16.5. The van der Waals surface area contributed by atoms with Crippen LogP contribution in [0.15, 0.2) is 72.8 Å². The van der Waals surface area contributed by atoms with Crippen LogP contribution < -0.4 is 14.8 Å². The Hall–Kier alpha value is -3.80. The van der Waals surface area contributed by atoms with Crippen molar-refractivity contribution in [2.24, 2.45) is 0 Å². The molecule has 6 heteroatoms. The molecular weight excluding hydrogens is 426 g/mol. The van der Waals surface area contributed by atoms with Crippen LogP contribution in [0.25, 0.3) is 11.0 Å². The summed E-state index contributed by atoms with van der Waals surface area (Å²) in [7, 11) is 1.65. The zero-order chi connectivity index (χ0) is 23.9. The SMILES string of the molecule is COc1ccc(OCCCCn2c(C(C)NC(=O)c3ccccc3C)nc3ccccc32)cc1. The molecule has 1 aromatic heterocycles. The van der Waals surface area contributed by atoms with Crippen LogP contribution in [0, 0.1) is 6.92 Å². The van der Waals surface area contributed by atoms with Gasteiger partial charge in [0.15, 0.2) is 0 Å². The van der Waals surface area contributed by atoms with Gasteiger partial charge in [-0.2, -0.15) is 0 Å². The summed E-state index contributed by atoms with van der Waals surface area (Å²) in [5.74, 6) is 2.42. The zero-order valence-electron chi connectivity index (χ0n) is 20.0. The number of rotatable bonds is 10. The number of ether oxygens (including phenoxy) is 2. The third-order valence-electron chi connectivity index (χ3n) is 5.91. The molecule has 0 saturated heterocycles. The number of methoxy groups -OCH3 is 1. The van der Waals surface area contributed by atoms with Crippen LogP contribution in [0.5, 0.6) is 11.5 Å². The van der Waals surface area contributed by atoms with E-state index in [4.69, 9.17) is 14.5 Å². The number of nitrogens with one attached hydrogen (secondary N) is 1. The smallest absolute Gasteiger partial charge is 0.252 e. The van der Waals surface area contributed by atoms with Gasteiger partial charge in [0, 0.05) is 12.1 Å². The fourth-order valence-electron chi connectivity index (χ4n) is 4.06. The standard InChI is InChI=1S/C28H31N3O3/c1-20-10-4-5-11-24(20)28(32)29-21(2)27-30-25-12-6-7-13-26(25)31(27)18-8-9-19-34-23-16-14-22(33-3)15-17-23/h4-7,10-17,21H,8-9,18-19H2,1-3H3,(H,29,32). The van der Waals surface area contributed by atoms with E-state index >= 15 is 0 Å². The number of fused-ring (bicyclic) bond motifs is 1. The number of hydrogen-bond donors (Lipinski definition) is 1. The lowest BCUT2D eigenvalue weighted by atomic mass is 10.1. The first-order valence-corrected chi connectivity index (χ1v) is 11.7. The molecule has 0 saturated carbocycles. The maximum atomic E-state index is 12.9. The van der Waals surface area contributed by atoms with Gasteiger partial charge in [0.25, 0.3) is 5.91 Å². The van der Waals surface area contributed by atoms with Gasteiger partial charge in [0.2, 0.25) is 0 Å². The average Bonchev–Trinajstić information content (AvgIpc) is 3.23. The molecule has 6 nitrogen and oxygen atoms in total. The van der Waals surface area contributed by atoms with Gasteiger partial charge in [0.1, 0.15) is 17.3 Å². The molecule has 34 heavy (non-hydrogen) atoms. The molecule has 4 rings (SSSR count). The molecular formula is C28H31N3O3. The van der Waals surface area contributed by atoms with Gasteiger partial charge in [0.05, 0.1) is 30.8 Å². The second kappa shape index (κ2) is 10.9. The first-order chi connectivity index (χ1) is 16.6. The van der Waals surface area contributed by atoms with Crippen molar-refractivity contribution in [1.82, 2.24) is 14.9 Å². The van der Waals surface area contributed by atoms with Gasteiger partial charge in [-0.15, -0.1) is 0 Å². The summed E-state index contributed by atoms with van der Waals surface area (Å²) in [5, 5.41) is 3.13. The van der Waals surface area contributed by atoms with Gasteiger partial charge < -0.3 is 19.4 Å². The largest absolute Gasteiger partial charge is 0.497 e. The maximum Gasteiger partial charge on any atom is 0.252 e. The molecule has 3 aromatic carbocycles. The van der Waals surface area contributed by atoms with E-state index in [0.29, 0.717) is 12.2 Å². The van der Waals surface area contributed by atoms with E-state index in [2.05, 4.69) is 16.0 Å². The fourth-order valence-corrected chi connectivity index (χ4v) is 4.06. The Morgan fingerprint density at radius 1 is 0.971 bits per heavy atom. The van der Waals surface area contributed by atoms with E-state index in [1.807, 2.05) is 80.6 Å². The molecule has 0 aliphatic carbocycles. The molecule has 1 heterocycles. The minimum atomic E-state index is -0.227. The number of aromatic nitrogens is 2. The predicted molar refractivity (Wildman–Crippen MR) is 135 cm³/mol. The number of benzene rings is 3. The lowest BCUT2D eigenvalue weighted by Crippen LogP contribution is -2.29. The molecule has 0 aliphatic heterocycles. The van der Waals surface area contributed by atoms with E-state index in [1.54, 1.807) is 7.11 Å². The van der Waals surface area contributed by atoms with E-state index < -0.39 is 0 Å². The third kappa shape index (κ3) is 5.39. The van der Waals surface area contributed by atoms with Crippen LogP contribution >= 0.6 is 0 Å². The number of carbonyl (C=O) groups is 1. The number of nitrogens with zero attached hydrogens (tertiary/aromatic N) is 2. The first kappa shape index (κ1) is 23.4. The summed E-state index contributed by atoms with van der Waals surface area (Å²) < 4.78 is 13.3. The predicted octanol–water partition coefficient (Wildman–Crippen LogP) is 5.70. The summed E-state index contributed by atoms with van der Waals surface area (Å²) in [6.45, 7) is 5.36. The zero-order valence-corrected chi connectivity index (χ0v) is 20.0. The Morgan fingerprint density at radius 3 is 2.44 bits per heavy atom. The van der Waals surface area contributed by atoms with E-state index in [9.17, 15) is 4.79 Å². The normalized spacial score (nSPS) is 11.9. The van der Waals surface area contributed by atoms with Crippen molar-refractivity contribution in [3.63, 3.8) is 0 Å². The van der Waals surface area contributed by atoms with Crippen molar-refractivity contribution in [3.05, 3.63) is 89.7 Å². The molecule has 1 unspecified atom stereocenters. The summed E-state index contributed by atoms with van der Waals surface area (Å²) in [5.41, 5.74) is 3.65. The number of amides is 1. The van der Waals surface area contributed by atoms with Crippen molar-refractivity contribution in [2.75, 3.05) is 13.7 Å². The second-order valence-electron chi connectivity index (χ2n) is 8.35. The number of carbonyl (C=O) groups excluding carboxylic acids is 1. The lowest BCUT2D eigenvalue weighted by Gasteiger charge is -2.17. The minimum Gasteiger partial charge on any atom is -0.497 e. The molecule has 0 aliphatic rings. The van der Waals surface area contributed by atoms with Gasteiger partial charge in [-0.25, -0.2) is 4.98 Å².